The fourth-order valence-corrected chi connectivity index (χ4v) is 3.16. The summed E-state index contributed by atoms with van der Waals surface area (Å²) in [7, 11) is 0. The second kappa shape index (κ2) is 7.18. The van der Waals surface area contributed by atoms with Crippen LogP contribution in [-0.2, 0) is 4.79 Å². The maximum absolute atomic E-state index is 12.0. The van der Waals surface area contributed by atoms with Gasteiger partial charge in [0, 0.05) is 10.9 Å². The van der Waals surface area contributed by atoms with Gasteiger partial charge in [0.25, 0.3) is 0 Å². The predicted octanol–water partition coefficient (Wildman–Crippen LogP) is 4.66. The smallest absolute Gasteiger partial charge is 0.249 e. The molecule has 0 radical (unpaired) electrons. The van der Waals surface area contributed by atoms with Crippen molar-refractivity contribution in [1.29, 1.82) is 0 Å². The normalized spacial score (nSPS) is 17.7. The van der Waals surface area contributed by atoms with E-state index in [4.69, 9.17) is 0 Å². The van der Waals surface area contributed by atoms with Gasteiger partial charge in [0.15, 0.2) is 5.13 Å². The summed E-state index contributed by atoms with van der Waals surface area (Å²) in [5.74, 6) is 0.371. The molecule has 0 unspecified atom stereocenters. The van der Waals surface area contributed by atoms with E-state index in [1.807, 2.05) is 41.8 Å². The molecule has 0 bridgehead atoms. The van der Waals surface area contributed by atoms with Gasteiger partial charge in [-0.3, -0.25) is 10.1 Å². The number of thiazole rings is 1. The van der Waals surface area contributed by atoms with Crippen molar-refractivity contribution < 1.29 is 4.79 Å². The summed E-state index contributed by atoms with van der Waals surface area (Å²) in [6.07, 6.45) is 11.3. The Labute approximate surface area is 134 Å². The number of allylic oxidation sites excluding steroid dienone is 3. The molecule has 1 atom stereocenters. The number of hydrogen-bond donors (Lipinski definition) is 1. The summed E-state index contributed by atoms with van der Waals surface area (Å²) < 4.78 is 0. The van der Waals surface area contributed by atoms with E-state index in [1.54, 1.807) is 6.08 Å². The number of carbonyl (C=O) groups is 1. The fraction of sp³-hybridized carbons (Fsp3) is 0.222. The third-order valence-electron chi connectivity index (χ3n) is 3.63. The summed E-state index contributed by atoms with van der Waals surface area (Å²) in [5.41, 5.74) is 1.95. The van der Waals surface area contributed by atoms with Crippen molar-refractivity contribution in [2.45, 2.75) is 19.3 Å². The van der Waals surface area contributed by atoms with Gasteiger partial charge in [-0.2, -0.15) is 0 Å². The minimum absolute atomic E-state index is 0.108. The molecule has 0 fully saturated rings. The van der Waals surface area contributed by atoms with E-state index in [2.05, 4.69) is 22.5 Å². The highest BCUT2D eigenvalue weighted by Gasteiger charge is 2.08. The first-order valence-electron chi connectivity index (χ1n) is 7.46. The first-order chi connectivity index (χ1) is 10.8. The third-order valence-corrected chi connectivity index (χ3v) is 4.39. The first kappa shape index (κ1) is 14.7. The minimum Gasteiger partial charge on any atom is -0.298 e. The zero-order valence-corrected chi connectivity index (χ0v) is 13.1. The molecule has 3 rings (SSSR count). The molecule has 2 aromatic rings. The van der Waals surface area contributed by atoms with Crippen molar-refractivity contribution in [3.05, 3.63) is 60.0 Å². The molecule has 1 aliphatic rings. The van der Waals surface area contributed by atoms with Gasteiger partial charge in [-0.1, -0.05) is 48.6 Å². The highest BCUT2D eigenvalue weighted by atomic mass is 32.1. The molecule has 0 spiro atoms. The Bertz CT molecular complexity index is 688. The number of rotatable bonds is 4. The molecule has 1 aromatic heterocycles. The Balaban J connectivity index is 1.59. The molecule has 3 nitrogen and oxygen atoms in total. The molecule has 4 heteroatoms. The summed E-state index contributed by atoms with van der Waals surface area (Å²) >= 11 is 1.45. The minimum atomic E-state index is -0.108. The number of carbonyl (C=O) groups excluding carboxylic acids is 1. The standard InChI is InChI=1S/C18H18N2OS/c21-17(12-11-14-7-3-1-4-8-14)20-18-19-16(13-22-18)15-9-5-2-6-10-15/h1-3,5-6,9-14H,4,7-8H2,(H,19,20,21)/b12-11+/t14-/m1/s1. The van der Waals surface area contributed by atoms with E-state index in [9.17, 15) is 4.79 Å². The lowest BCUT2D eigenvalue weighted by Gasteiger charge is -2.12. The van der Waals surface area contributed by atoms with Crippen LogP contribution in [0.25, 0.3) is 11.3 Å². The van der Waals surface area contributed by atoms with E-state index in [-0.39, 0.29) is 5.91 Å². The van der Waals surface area contributed by atoms with Gasteiger partial charge in [0.1, 0.15) is 0 Å². The molecule has 1 aromatic carbocycles. The van der Waals surface area contributed by atoms with Gasteiger partial charge in [-0.25, -0.2) is 4.98 Å². The van der Waals surface area contributed by atoms with E-state index in [0.29, 0.717) is 11.0 Å². The number of benzene rings is 1. The third kappa shape index (κ3) is 3.92. The van der Waals surface area contributed by atoms with Crippen LogP contribution in [0.4, 0.5) is 5.13 Å². The Morgan fingerprint density at radius 1 is 1.27 bits per heavy atom. The van der Waals surface area contributed by atoms with E-state index < -0.39 is 0 Å². The molecule has 1 heterocycles. The molecular weight excluding hydrogens is 292 g/mol. The van der Waals surface area contributed by atoms with Gasteiger partial charge in [-0.15, -0.1) is 11.3 Å². The lowest BCUT2D eigenvalue weighted by molar-refractivity contribution is -0.111. The van der Waals surface area contributed by atoms with Gasteiger partial charge in [0.05, 0.1) is 5.69 Å². The molecule has 1 N–H and O–H groups in total. The monoisotopic (exact) mass is 310 g/mol. The van der Waals surface area contributed by atoms with Crippen LogP contribution in [0.2, 0.25) is 0 Å². The maximum atomic E-state index is 12.0. The first-order valence-corrected chi connectivity index (χ1v) is 8.34. The lowest BCUT2D eigenvalue weighted by Crippen LogP contribution is -2.09. The second-order valence-electron chi connectivity index (χ2n) is 5.30. The average molecular weight is 310 g/mol. The Kier molecular flexibility index (Phi) is 4.81. The zero-order valence-electron chi connectivity index (χ0n) is 12.2. The molecule has 1 amide bonds. The van der Waals surface area contributed by atoms with E-state index in [0.717, 1.165) is 30.5 Å². The quantitative estimate of drug-likeness (QED) is 0.659. The van der Waals surface area contributed by atoms with Crippen LogP contribution in [-0.4, -0.2) is 10.9 Å². The summed E-state index contributed by atoms with van der Waals surface area (Å²) in [4.78, 5) is 16.4. The van der Waals surface area contributed by atoms with Crippen LogP contribution in [0, 0.1) is 5.92 Å². The number of nitrogens with one attached hydrogen (secondary N) is 1. The summed E-state index contributed by atoms with van der Waals surface area (Å²) in [6, 6.07) is 9.96. The van der Waals surface area contributed by atoms with Crippen LogP contribution in [0.1, 0.15) is 19.3 Å². The predicted molar refractivity (Wildman–Crippen MR) is 91.8 cm³/mol. The van der Waals surface area contributed by atoms with Gasteiger partial charge < -0.3 is 0 Å². The van der Waals surface area contributed by atoms with Gasteiger partial charge >= 0.3 is 0 Å². The van der Waals surface area contributed by atoms with Gasteiger partial charge in [-0.05, 0) is 31.3 Å². The Morgan fingerprint density at radius 3 is 2.91 bits per heavy atom. The van der Waals surface area contributed by atoms with Crippen LogP contribution in [0.5, 0.6) is 0 Å². The van der Waals surface area contributed by atoms with Crippen molar-refractivity contribution in [2.75, 3.05) is 5.32 Å². The second-order valence-corrected chi connectivity index (χ2v) is 6.15. The highest BCUT2D eigenvalue weighted by Crippen LogP contribution is 2.24. The Morgan fingerprint density at radius 2 is 2.14 bits per heavy atom. The summed E-state index contributed by atoms with van der Waals surface area (Å²) in [5, 5.41) is 5.43. The number of amides is 1. The zero-order chi connectivity index (χ0) is 15.2. The number of aromatic nitrogens is 1. The van der Waals surface area contributed by atoms with Crippen molar-refractivity contribution in [3.8, 4) is 11.3 Å². The largest absolute Gasteiger partial charge is 0.298 e. The number of nitrogens with zero attached hydrogens (tertiary/aromatic N) is 1. The van der Waals surface area contributed by atoms with Crippen LogP contribution in [0.15, 0.2) is 60.0 Å². The number of anilines is 1. The lowest BCUT2D eigenvalue weighted by atomic mass is 9.94. The van der Waals surface area contributed by atoms with E-state index >= 15 is 0 Å². The molecule has 0 aliphatic heterocycles. The topological polar surface area (TPSA) is 42.0 Å². The fourth-order valence-electron chi connectivity index (χ4n) is 2.44. The van der Waals surface area contributed by atoms with Crippen LogP contribution < -0.4 is 5.32 Å². The van der Waals surface area contributed by atoms with Crippen molar-refractivity contribution in [1.82, 2.24) is 4.98 Å². The maximum Gasteiger partial charge on any atom is 0.249 e. The van der Waals surface area contributed by atoms with Gasteiger partial charge in [0.2, 0.25) is 5.91 Å². The molecule has 112 valence electrons. The Hall–Kier alpha value is -2.20. The highest BCUT2D eigenvalue weighted by molar-refractivity contribution is 7.14. The molecule has 0 saturated carbocycles. The molecule has 22 heavy (non-hydrogen) atoms. The van der Waals surface area contributed by atoms with Crippen molar-refractivity contribution in [3.63, 3.8) is 0 Å². The molecule has 0 saturated heterocycles. The summed E-state index contributed by atoms with van der Waals surface area (Å²) in [6.45, 7) is 0. The number of hydrogen-bond acceptors (Lipinski definition) is 3. The van der Waals surface area contributed by atoms with Crippen LogP contribution in [0.3, 0.4) is 0 Å². The molecule has 1 aliphatic carbocycles. The van der Waals surface area contributed by atoms with Crippen molar-refractivity contribution >= 4 is 22.4 Å². The average Bonchev–Trinajstić information content (AvgIpc) is 3.03. The van der Waals surface area contributed by atoms with Crippen LogP contribution >= 0.6 is 11.3 Å². The van der Waals surface area contributed by atoms with Crippen molar-refractivity contribution in [2.24, 2.45) is 5.92 Å². The van der Waals surface area contributed by atoms with E-state index in [1.165, 1.54) is 11.3 Å². The SMILES string of the molecule is O=C(/C=C/[C@@H]1CC=CCC1)Nc1nc(-c2ccccc2)cs1. The molecular formula is C18H18N2OS.